The first-order valence-corrected chi connectivity index (χ1v) is 13.4. The largest absolute Gasteiger partial charge is 0.326 e. The molecule has 44 heavy (non-hydrogen) atoms. The third-order valence-corrected chi connectivity index (χ3v) is 7.15. The van der Waals surface area contributed by atoms with Gasteiger partial charge >= 0.3 is 0 Å². The van der Waals surface area contributed by atoms with E-state index in [1.807, 2.05) is 0 Å². The van der Waals surface area contributed by atoms with Crippen LogP contribution >= 0.6 is 0 Å². The normalized spacial score (nSPS) is 13.6. The van der Waals surface area contributed by atoms with E-state index >= 15 is 0 Å². The maximum Gasteiger partial charge on any atom is 0.266 e. The average molecular weight is 587 g/mol. The molecule has 0 atom stereocenters. The van der Waals surface area contributed by atoms with Crippen molar-refractivity contribution in [1.82, 2.24) is 0 Å². The summed E-state index contributed by atoms with van der Waals surface area (Å²) < 4.78 is 0. The fourth-order valence-electron chi connectivity index (χ4n) is 5.25. The molecule has 2 heterocycles. The smallest absolute Gasteiger partial charge is 0.266 e. The summed E-state index contributed by atoms with van der Waals surface area (Å²) in [6.07, 6.45) is 0. The molecule has 0 fully saturated rings. The van der Waals surface area contributed by atoms with E-state index in [1.54, 1.807) is 36.4 Å². The third-order valence-electron chi connectivity index (χ3n) is 7.15. The molecule has 6 amide bonds. The van der Waals surface area contributed by atoms with Crippen LogP contribution in [0.1, 0.15) is 71.2 Å². The number of hydrogen-bond donors (Lipinski definition) is 2. The standard InChI is InChI=1S/C33H22N4O7/c1-17(38)34-21-5-3-7-23(15-21)36-30(41)25-11-9-19(13-27(25)32(36)43)29(40)20-10-12-26-28(14-20)33(44)37(31(26)42)24-8-4-6-22(16-24)35-18(2)39/h3-16H,1-2H3,(H,34,38)(H,35,39). The van der Waals surface area contributed by atoms with Gasteiger partial charge in [-0.15, -0.1) is 0 Å². The Morgan fingerprint density at radius 3 is 1.27 bits per heavy atom. The zero-order valence-electron chi connectivity index (χ0n) is 23.3. The molecular weight excluding hydrogens is 564 g/mol. The van der Waals surface area contributed by atoms with E-state index in [-0.39, 0.29) is 56.6 Å². The first-order valence-electron chi connectivity index (χ1n) is 13.4. The number of imide groups is 2. The maximum absolute atomic E-state index is 13.5. The summed E-state index contributed by atoms with van der Waals surface area (Å²) in [5.74, 6) is -3.56. The summed E-state index contributed by atoms with van der Waals surface area (Å²) in [6.45, 7) is 2.68. The number of nitrogens with one attached hydrogen (secondary N) is 2. The fourth-order valence-corrected chi connectivity index (χ4v) is 5.25. The van der Waals surface area contributed by atoms with Gasteiger partial charge in [0.15, 0.2) is 5.78 Å². The summed E-state index contributed by atoms with van der Waals surface area (Å²) in [7, 11) is 0. The Labute approximate surface area is 250 Å². The number of hydrogen-bond acceptors (Lipinski definition) is 7. The van der Waals surface area contributed by atoms with Crippen molar-refractivity contribution in [2.45, 2.75) is 13.8 Å². The number of carbonyl (C=O) groups excluding carboxylic acids is 7. The van der Waals surface area contributed by atoms with Gasteiger partial charge in [0, 0.05) is 36.3 Å². The van der Waals surface area contributed by atoms with Gasteiger partial charge in [-0.3, -0.25) is 33.6 Å². The second kappa shape index (κ2) is 10.6. The van der Waals surface area contributed by atoms with Crippen LogP contribution in [0.3, 0.4) is 0 Å². The van der Waals surface area contributed by atoms with E-state index in [0.29, 0.717) is 11.4 Å². The van der Waals surface area contributed by atoms with Crippen LogP contribution in [0.25, 0.3) is 0 Å². The third kappa shape index (κ3) is 4.71. The summed E-state index contributed by atoms with van der Waals surface area (Å²) in [4.78, 5) is 91.3. The number of carbonyl (C=O) groups is 7. The molecule has 2 aliphatic heterocycles. The van der Waals surface area contributed by atoms with Gasteiger partial charge in [0.05, 0.1) is 33.6 Å². The first-order chi connectivity index (χ1) is 21.0. The number of nitrogens with zero attached hydrogens (tertiary/aromatic N) is 2. The molecule has 0 bridgehead atoms. The summed E-state index contributed by atoms with van der Waals surface area (Å²) in [5, 5.41) is 5.22. The first kappa shape index (κ1) is 27.9. The number of anilines is 4. The van der Waals surface area contributed by atoms with Crippen LogP contribution in [0.5, 0.6) is 0 Å². The van der Waals surface area contributed by atoms with Crippen LogP contribution in [0.15, 0.2) is 84.9 Å². The van der Waals surface area contributed by atoms with Crippen LogP contribution in [0.2, 0.25) is 0 Å². The molecule has 0 saturated heterocycles. The summed E-state index contributed by atoms with van der Waals surface area (Å²) in [5.41, 5.74) is 1.83. The van der Waals surface area contributed by atoms with Crippen LogP contribution in [0.4, 0.5) is 22.7 Å². The van der Waals surface area contributed by atoms with Crippen LogP contribution in [-0.4, -0.2) is 41.2 Å². The molecule has 2 N–H and O–H groups in total. The lowest BCUT2D eigenvalue weighted by Gasteiger charge is -2.15. The van der Waals surface area contributed by atoms with E-state index in [0.717, 1.165) is 9.80 Å². The quantitative estimate of drug-likeness (QED) is 0.251. The summed E-state index contributed by atoms with van der Waals surface area (Å²) in [6, 6.07) is 20.8. The zero-order valence-corrected chi connectivity index (χ0v) is 23.3. The second-order valence-corrected chi connectivity index (χ2v) is 10.2. The number of rotatable bonds is 6. The molecule has 0 saturated carbocycles. The van der Waals surface area contributed by atoms with Gasteiger partial charge in [0.2, 0.25) is 11.8 Å². The van der Waals surface area contributed by atoms with E-state index in [2.05, 4.69) is 10.6 Å². The Balaban J connectivity index is 1.28. The second-order valence-electron chi connectivity index (χ2n) is 10.2. The minimum Gasteiger partial charge on any atom is -0.326 e. The minimum atomic E-state index is -0.633. The van der Waals surface area contributed by atoms with Gasteiger partial charge in [-0.1, -0.05) is 24.3 Å². The lowest BCUT2D eigenvalue weighted by molar-refractivity contribution is -0.115. The number of ketones is 1. The molecule has 216 valence electrons. The molecule has 0 aromatic heterocycles. The molecule has 6 rings (SSSR count). The highest BCUT2D eigenvalue weighted by atomic mass is 16.2. The molecule has 0 aliphatic carbocycles. The van der Waals surface area contributed by atoms with Gasteiger partial charge in [0.25, 0.3) is 23.6 Å². The van der Waals surface area contributed by atoms with E-state index in [4.69, 9.17) is 0 Å². The lowest BCUT2D eigenvalue weighted by Crippen LogP contribution is -2.29. The molecule has 0 radical (unpaired) electrons. The Morgan fingerprint density at radius 2 is 0.886 bits per heavy atom. The van der Waals surface area contributed by atoms with Gasteiger partial charge in [-0.25, -0.2) is 9.80 Å². The molecule has 4 aromatic carbocycles. The number of fused-ring (bicyclic) bond motifs is 2. The molecule has 11 heteroatoms. The van der Waals surface area contributed by atoms with Crippen LogP contribution < -0.4 is 20.4 Å². The van der Waals surface area contributed by atoms with Gasteiger partial charge in [-0.05, 0) is 60.7 Å². The van der Waals surface area contributed by atoms with Crippen molar-refractivity contribution in [1.29, 1.82) is 0 Å². The van der Waals surface area contributed by atoms with Crippen molar-refractivity contribution in [3.05, 3.63) is 118 Å². The van der Waals surface area contributed by atoms with E-state index in [9.17, 15) is 33.6 Å². The van der Waals surface area contributed by atoms with Crippen molar-refractivity contribution in [3.63, 3.8) is 0 Å². The number of benzene rings is 4. The predicted molar refractivity (Wildman–Crippen MR) is 160 cm³/mol. The van der Waals surface area contributed by atoms with Crippen molar-refractivity contribution in [2.24, 2.45) is 0 Å². The van der Waals surface area contributed by atoms with Gasteiger partial charge in [-0.2, -0.15) is 0 Å². The van der Waals surface area contributed by atoms with Crippen LogP contribution in [-0.2, 0) is 9.59 Å². The molecule has 2 aliphatic rings. The highest BCUT2D eigenvalue weighted by Crippen LogP contribution is 2.33. The monoisotopic (exact) mass is 586 g/mol. The van der Waals surface area contributed by atoms with Crippen molar-refractivity contribution >= 4 is 64.0 Å². The Kier molecular flexibility index (Phi) is 6.70. The molecule has 11 nitrogen and oxygen atoms in total. The molecule has 4 aromatic rings. The fraction of sp³-hybridized carbons (Fsp3) is 0.0606. The van der Waals surface area contributed by atoms with Crippen molar-refractivity contribution in [3.8, 4) is 0 Å². The maximum atomic E-state index is 13.5. The zero-order chi connectivity index (χ0) is 31.3. The molecular formula is C33H22N4O7. The van der Waals surface area contributed by atoms with Crippen LogP contribution in [0, 0.1) is 0 Å². The highest BCUT2D eigenvalue weighted by molar-refractivity contribution is 6.36. The Hall–Kier alpha value is -6.23. The SMILES string of the molecule is CC(=O)Nc1cccc(N2C(=O)c3ccc(C(=O)c4ccc5c(c4)C(=O)N(c4cccc(NC(C)=O)c4)C5=O)cc3C2=O)c1. The van der Waals surface area contributed by atoms with E-state index in [1.165, 1.54) is 62.4 Å². The Bertz CT molecular complexity index is 1860. The van der Waals surface area contributed by atoms with Crippen molar-refractivity contribution in [2.75, 3.05) is 20.4 Å². The lowest BCUT2D eigenvalue weighted by atomic mass is 9.96. The minimum absolute atomic E-state index is 0.0309. The Morgan fingerprint density at radius 1 is 0.500 bits per heavy atom. The summed E-state index contributed by atoms with van der Waals surface area (Å²) >= 11 is 0. The topological polar surface area (TPSA) is 150 Å². The van der Waals surface area contributed by atoms with Crippen molar-refractivity contribution < 1.29 is 33.6 Å². The van der Waals surface area contributed by atoms with Gasteiger partial charge in [0.1, 0.15) is 0 Å². The van der Waals surface area contributed by atoms with E-state index < -0.39 is 29.4 Å². The van der Waals surface area contributed by atoms with Gasteiger partial charge < -0.3 is 10.6 Å². The predicted octanol–water partition coefficient (Wildman–Crippen LogP) is 4.44. The molecule has 0 unspecified atom stereocenters. The highest BCUT2D eigenvalue weighted by Gasteiger charge is 2.39. The average Bonchev–Trinajstić information content (AvgIpc) is 3.39. The molecule has 0 spiro atoms. The number of amides is 6.